The fourth-order valence-electron chi connectivity index (χ4n) is 4.83. The Bertz CT molecular complexity index is 1430. The van der Waals surface area contributed by atoms with E-state index in [0.29, 0.717) is 18.3 Å². The fourth-order valence-corrected chi connectivity index (χ4v) is 7.21. The van der Waals surface area contributed by atoms with Gasteiger partial charge >= 0.3 is 6.18 Å². The Morgan fingerprint density at radius 1 is 1.11 bits per heavy atom. The van der Waals surface area contributed by atoms with E-state index in [4.69, 9.17) is 5.14 Å². The third-order valence-electron chi connectivity index (χ3n) is 6.96. The van der Waals surface area contributed by atoms with Gasteiger partial charge in [0.1, 0.15) is 10.4 Å². The number of nitrogens with two attached hydrogens (primary N) is 1. The molecule has 1 aromatic carbocycles. The molecule has 1 heterocycles. The van der Waals surface area contributed by atoms with Gasteiger partial charge in [-0.15, -0.1) is 0 Å². The van der Waals surface area contributed by atoms with Crippen molar-refractivity contribution in [2.24, 2.45) is 11.1 Å². The number of sulfonamides is 2. The summed E-state index contributed by atoms with van der Waals surface area (Å²) in [6, 6.07) is 5.81. The van der Waals surface area contributed by atoms with Crippen molar-refractivity contribution in [3.8, 4) is 17.3 Å². The zero-order valence-corrected chi connectivity index (χ0v) is 21.2. The van der Waals surface area contributed by atoms with E-state index in [9.17, 15) is 35.3 Å². The quantitative estimate of drug-likeness (QED) is 0.542. The second-order valence-corrected chi connectivity index (χ2v) is 12.8. The Kier molecular flexibility index (Phi) is 6.79. The maximum atomic E-state index is 14.1. The van der Waals surface area contributed by atoms with Crippen LogP contribution in [0.2, 0.25) is 0 Å². The molecule has 2 saturated carbocycles. The minimum Gasteiger partial charge on any atom is -0.343 e. The minimum absolute atomic E-state index is 0.0107. The first-order valence-corrected chi connectivity index (χ1v) is 14.6. The average Bonchev–Trinajstić information content (AvgIpc) is 3.48. The van der Waals surface area contributed by atoms with Crippen molar-refractivity contribution >= 4 is 20.0 Å². The highest BCUT2D eigenvalue weighted by atomic mass is 32.2. The van der Waals surface area contributed by atoms with Crippen LogP contribution in [0.5, 0.6) is 0 Å². The van der Waals surface area contributed by atoms with Crippen LogP contribution >= 0.6 is 0 Å². The van der Waals surface area contributed by atoms with Crippen molar-refractivity contribution in [3.05, 3.63) is 35.5 Å². The van der Waals surface area contributed by atoms with Gasteiger partial charge in [-0.05, 0) is 62.3 Å². The molecule has 0 radical (unpaired) electrons. The number of halogens is 3. The van der Waals surface area contributed by atoms with E-state index in [-0.39, 0.29) is 34.9 Å². The fraction of sp³-hybridized carbons (Fsp3) is 0.522. The van der Waals surface area contributed by atoms with Crippen LogP contribution in [0, 0.1) is 24.2 Å². The number of alkyl halides is 3. The van der Waals surface area contributed by atoms with E-state index in [1.54, 1.807) is 17.6 Å². The molecule has 36 heavy (non-hydrogen) atoms. The molecule has 196 valence electrons. The highest BCUT2D eigenvalue weighted by Gasteiger charge is 2.48. The van der Waals surface area contributed by atoms with Gasteiger partial charge in [0.15, 0.2) is 0 Å². The first kappa shape index (κ1) is 26.7. The molecule has 2 aliphatic rings. The Hall–Kier alpha value is -2.40. The second kappa shape index (κ2) is 9.16. The van der Waals surface area contributed by atoms with Gasteiger partial charge in [0.25, 0.3) is 0 Å². The van der Waals surface area contributed by atoms with Crippen molar-refractivity contribution in [1.29, 1.82) is 5.26 Å². The summed E-state index contributed by atoms with van der Waals surface area (Å²) in [7, 11) is -8.80. The lowest BCUT2D eigenvalue weighted by Gasteiger charge is -2.24. The van der Waals surface area contributed by atoms with E-state index in [0.717, 1.165) is 38.2 Å². The molecular weight excluding hydrogens is 517 g/mol. The zero-order chi connectivity index (χ0) is 26.5. The van der Waals surface area contributed by atoms with Crippen LogP contribution in [0.15, 0.2) is 34.1 Å². The molecule has 0 spiro atoms. The van der Waals surface area contributed by atoms with Crippen molar-refractivity contribution in [2.45, 2.75) is 79.9 Å². The van der Waals surface area contributed by atoms with Crippen LogP contribution in [0.3, 0.4) is 0 Å². The van der Waals surface area contributed by atoms with Gasteiger partial charge in [-0.25, -0.2) is 22.0 Å². The monoisotopic (exact) mass is 544 g/mol. The van der Waals surface area contributed by atoms with E-state index in [1.165, 1.54) is 12.1 Å². The molecule has 4 rings (SSSR count). The lowest BCUT2D eigenvalue weighted by Crippen LogP contribution is -2.36. The number of primary sulfonamides is 1. The summed E-state index contributed by atoms with van der Waals surface area (Å²) >= 11 is 0. The van der Waals surface area contributed by atoms with Crippen molar-refractivity contribution in [1.82, 2.24) is 9.29 Å². The van der Waals surface area contributed by atoms with E-state index in [2.05, 4.69) is 4.72 Å². The summed E-state index contributed by atoms with van der Waals surface area (Å²) in [6.07, 6.45) is 0.371. The highest BCUT2D eigenvalue weighted by molar-refractivity contribution is 7.89. The second-order valence-electron chi connectivity index (χ2n) is 9.65. The smallest absolute Gasteiger partial charge is 0.343 e. The van der Waals surface area contributed by atoms with Crippen molar-refractivity contribution in [2.75, 3.05) is 0 Å². The number of nitrogens with one attached hydrogen (secondary N) is 1. The van der Waals surface area contributed by atoms with Gasteiger partial charge in [-0.1, -0.05) is 25.3 Å². The Balaban J connectivity index is 1.84. The van der Waals surface area contributed by atoms with Crippen LogP contribution < -0.4 is 9.86 Å². The molecule has 8 nitrogen and oxygen atoms in total. The maximum absolute atomic E-state index is 14.1. The molecule has 0 unspecified atom stereocenters. The Labute approximate surface area is 208 Å². The summed E-state index contributed by atoms with van der Waals surface area (Å²) in [4.78, 5) is -1.18. The summed E-state index contributed by atoms with van der Waals surface area (Å²) in [6.45, 7) is 1.96. The average molecular weight is 545 g/mol. The molecule has 3 N–H and O–H groups in total. The van der Waals surface area contributed by atoms with Gasteiger partial charge in [0.2, 0.25) is 20.0 Å². The number of hydrogen-bond donors (Lipinski definition) is 2. The summed E-state index contributed by atoms with van der Waals surface area (Å²) in [5.41, 5.74) is -2.26. The highest BCUT2D eigenvalue weighted by Crippen LogP contribution is 2.41. The maximum Gasteiger partial charge on any atom is 0.417 e. The third-order valence-corrected chi connectivity index (χ3v) is 9.58. The Morgan fingerprint density at radius 2 is 1.75 bits per heavy atom. The molecule has 0 amide bonds. The molecule has 2 aliphatic carbocycles. The van der Waals surface area contributed by atoms with E-state index in [1.807, 2.05) is 0 Å². The third kappa shape index (κ3) is 5.32. The van der Waals surface area contributed by atoms with Gasteiger partial charge in [0.05, 0.1) is 16.5 Å². The predicted octanol–water partition coefficient (Wildman–Crippen LogP) is 4.04. The SMILES string of the molecule is Cc1c(S(N)(=O)=O)cc(-c2ccc(S(=O)(=O)NC3(C#N)CC3)c(C(F)(F)F)c2)n1CC1CCCCC1. The van der Waals surface area contributed by atoms with Crippen LogP contribution in [0.25, 0.3) is 11.3 Å². The normalized spacial score (nSPS) is 18.7. The topological polar surface area (TPSA) is 135 Å². The number of nitrogens with zero attached hydrogens (tertiary/aromatic N) is 2. The molecule has 2 fully saturated rings. The van der Waals surface area contributed by atoms with Gasteiger partial charge < -0.3 is 4.57 Å². The first-order valence-electron chi connectivity index (χ1n) is 11.6. The molecule has 1 aromatic heterocycles. The number of rotatable bonds is 7. The van der Waals surface area contributed by atoms with Crippen molar-refractivity contribution < 1.29 is 30.0 Å². The van der Waals surface area contributed by atoms with Gasteiger partial charge in [-0.2, -0.15) is 23.2 Å². The van der Waals surface area contributed by atoms with E-state index < -0.39 is 42.2 Å². The van der Waals surface area contributed by atoms with Crippen molar-refractivity contribution in [3.63, 3.8) is 0 Å². The summed E-state index contributed by atoms with van der Waals surface area (Å²) in [5, 5.41) is 14.6. The molecule has 13 heteroatoms. The molecule has 0 aliphatic heterocycles. The lowest BCUT2D eigenvalue weighted by atomic mass is 9.89. The molecule has 0 bridgehead atoms. The van der Waals surface area contributed by atoms with Crippen LogP contribution in [-0.4, -0.2) is 26.9 Å². The predicted molar refractivity (Wildman–Crippen MR) is 125 cm³/mol. The zero-order valence-electron chi connectivity index (χ0n) is 19.6. The number of nitriles is 1. The number of hydrogen-bond acceptors (Lipinski definition) is 5. The number of aromatic nitrogens is 1. The van der Waals surface area contributed by atoms with Crippen LogP contribution in [0.4, 0.5) is 13.2 Å². The Morgan fingerprint density at radius 3 is 2.28 bits per heavy atom. The minimum atomic E-state index is -5.03. The lowest BCUT2D eigenvalue weighted by molar-refractivity contribution is -0.139. The summed E-state index contributed by atoms with van der Waals surface area (Å²) < 4.78 is 96.0. The van der Waals surface area contributed by atoms with E-state index >= 15 is 0 Å². The standard InChI is InChI=1S/C23H27F3N4O4S2/c1-15-21(35(28,31)32)12-19(30(15)13-16-5-3-2-4-6-16)17-7-8-20(18(11-17)23(24,25)26)36(33,34)29-22(14-27)9-10-22/h7-8,11-12,16,29H,2-6,9-10,13H2,1H3,(H2,28,31,32). The summed E-state index contributed by atoms with van der Waals surface area (Å²) in [5.74, 6) is 0.226. The molecule has 2 aromatic rings. The number of benzene rings is 1. The van der Waals surface area contributed by atoms with Crippen LogP contribution in [0.1, 0.15) is 56.2 Å². The first-order chi connectivity index (χ1) is 16.7. The molecule has 0 atom stereocenters. The van der Waals surface area contributed by atoms with Gasteiger partial charge in [-0.3, -0.25) is 0 Å². The molecular formula is C23H27F3N4O4S2. The van der Waals surface area contributed by atoms with Crippen LogP contribution in [-0.2, 0) is 32.8 Å². The molecule has 0 saturated heterocycles. The van der Waals surface area contributed by atoms with Gasteiger partial charge in [0, 0.05) is 17.9 Å². The largest absolute Gasteiger partial charge is 0.417 e.